The van der Waals surface area contributed by atoms with E-state index in [4.69, 9.17) is 16.6 Å². The van der Waals surface area contributed by atoms with Gasteiger partial charge < -0.3 is 20.4 Å². The van der Waals surface area contributed by atoms with Crippen LogP contribution in [0.25, 0.3) is 11.4 Å². The van der Waals surface area contributed by atoms with Crippen molar-refractivity contribution in [2.45, 2.75) is 6.92 Å². The van der Waals surface area contributed by atoms with E-state index in [0.717, 1.165) is 16.9 Å². The van der Waals surface area contributed by atoms with Gasteiger partial charge in [-0.1, -0.05) is 35.7 Å². The zero-order chi connectivity index (χ0) is 25.3. The molecule has 36 heavy (non-hydrogen) atoms. The third kappa shape index (κ3) is 6.96. The summed E-state index contributed by atoms with van der Waals surface area (Å²) in [6.45, 7) is 4.84. The molecule has 2 N–H and O–H groups in total. The third-order valence-corrected chi connectivity index (χ3v) is 5.85. The Morgan fingerprint density at radius 3 is 2.39 bits per heavy atom. The van der Waals surface area contributed by atoms with Gasteiger partial charge in [0.05, 0.1) is 0 Å². The van der Waals surface area contributed by atoms with Crippen LogP contribution in [0.15, 0.2) is 60.7 Å². The Morgan fingerprint density at radius 2 is 1.69 bits per heavy atom. The highest BCUT2D eigenvalue weighted by molar-refractivity contribution is 6.30. The highest BCUT2D eigenvalue weighted by atomic mass is 35.5. The Hall–Kier alpha value is -4.09. The van der Waals surface area contributed by atoms with Crippen LogP contribution in [0.2, 0.25) is 5.02 Å². The first-order valence-electron chi connectivity index (χ1n) is 11.7. The number of benzene rings is 2. The SMILES string of the molecule is CC(=O)NCCNc1cc(N2CCN(C(=O)C#Cc3ccccc3)CC2)nc(-c2ccc(Cl)cc2)n1. The molecule has 0 aliphatic carbocycles. The number of hydrogen-bond acceptors (Lipinski definition) is 6. The zero-order valence-electron chi connectivity index (χ0n) is 20.0. The minimum Gasteiger partial charge on any atom is -0.368 e. The monoisotopic (exact) mass is 502 g/mol. The van der Waals surface area contributed by atoms with Gasteiger partial charge in [-0.05, 0) is 36.4 Å². The molecular weight excluding hydrogens is 476 g/mol. The molecular formula is C27H27ClN6O2. The lowest BCUT2D eigenvalue weighted by molar-refractivity contribution is -0.125. The van der Waals surface area contributed by atoms with E-state index < -0.39 is 0 Å². The quantitative estimate of drug-likeness (QED) is 0.398. The van der Waals surface area contributed by atoms with E-state index in [1.807, 2.05) is 48.5 Å². The summed E-state index contributed by atoms with van der Waals surface area (Å²) >= 11 is 6.05. The summed E-state index contributed by atoms with van der Waals surface area (Å²) in [6.07, 6.45) is 0. The van der Waals surface area contributed by atoms with Gasteiger partial charge in [-0.3, -0.25) is 9.59 Å². The Morgan fingerprint density at radius 1 is 0.972 bits per heavy atom. The number of piperazine rings is 1. The minimum absolute atomic E-state index is 0.0806. The first kappa shape index (κ1) is 25.0. The molecule has 184 valence electrons. The fourth-order valence-corrected chi connectivity index (χ4v) is 3.83. The third-order valence-electron chi connectivity index (χ3n) is 5.60. The first-order chi connectivity index (χ1) is 17.5. The van der Waals surface area contributed by atoms with Gasteiger partial charge in [0, 0.05) is 74.3 Å². The van der Waals surface area contributed by atoms with Crippen LogP contribution in [-0.2, 0) is 9.59 Å². The van der Waals surface area contributed by atoms with Crippen LogP contribution in [0.1, 0.15) is 12.5 Å². The normalized spacial score (nSPS) is 12.9. The van der Waals surface area contributed by atoms with Gasteiger partial charge in [0.25, 0.3) is 5.91 Å². The van der Waals surface area contributed by atoms with Crippen LogP contribution in [0.4, 0.5) is 11.6 Å². The molecule has 0 bridgehead atoms. The van der Waals surface area contributed by atoms with Gasteiger partial charge in [0.1, 0.15) is 11.6 Å². The van der Waals surface area contributed by atoms with Crippen molar-refractivity contribution in [1.29, 1.82) is 0 Å². The largest absolute Gasteiger partial charge is 0.368 e. The van der Waals surface area contributed by atoms with Crippen LogP contribution in [0, 0.1) is 11.8 Å². The van der Waals surface area contributed by atoms with Gasteiger partial charge >= 0.3 is 0 Å². The number of nitrogens with zero attached hydrogens (tertiary/aromatic N) is 4. The Balaban J connectivity index is 1.46. The van der Waals surface area contributed by atoms with E-state index in [1.54, 1.807) is 17.0 Å². The van der Waals surface area contributed by atoms with E-state index in [1.165, 1.54) is 6.92 Å². The molecule has 3 aromatic rings. The van der Waals surface area contributed by atoms with Gasteiger partial charge in [-0.25, -0.2) is 9.97 Å². The average molecular weight is 503 g/mol. The molecule has 0 radical (unpaired) electrons. The van der Waals surface area contributed by atoms with Crippen molar-refractivity contribution in [1.82, 2.24) is 20.2 Å². The maximum absolute atomic E-state index is 12.6. The Kier molecular flexibility index (Phi) is 8.37. The predicted molar refractivity (Wildman–Crippen MR) is 142 cm³/mol. The summed E-state index contributed by atoms with van der Waals surface area (Å²) in [6, 6.07) is 18.7. The lowest BCUT2D eigenvalue weighted by atomic mass is 10.2. The maximum Gasteiger partial charge on any atom is 0.298 e. The molecule has 4 rings (SSSR count). The maximum atomic E-state index is 12.6. The van der Waals surface area contributed by atoms with Gasteiger partial charge in [0.2, 0.25) is 5.91 Å². The summed E-state index contributed by atoms with van der Waals surface area (Å²) in [5, 5.41) is 6.66. The number of rotatable bonds is 6. The molecule has 0 saturated carbocycles. The lowest BCUT2D eigenvalue weighted by Gasteiger charge is -2.34. The van der Waals surface area contributed by atoms with E-state index in [-0.39, 0.29) is 11.8 Å². The highest BCUT2D eigenvalue weighted by Gasteiger charge is 2.22. The highest BCUT2D eigenvalue weighted by Crippen LogP contribution is 2.24. The van der Waals surface area contributed by atoms with Crippen LogP contribution >= 0.6 is 11.6 Å². The van der Waals surface area contributed by atoms with E-state index in [2.05, 4.69) is 32.4 Å². The van der Waals surface area contributed by atoms with Crippen molar-refractivity contribution in [3.63, 3.8) is 0 Å². The van der Waals surface area contributed by atoms with Crippen molar-refractivity contribution in [3.05, 3.63) is 71.2 Å². The molecule has 0 spiro atoms. The molecule has 1 aromatic heterocycles. The van der Waals surface area contributed by atoms with Crippen LogP contribution in [-0.4, -0.2) is 66.0 Å². The van der Waals surface area contributed by atoms with Crippen LogP contribution in [0.5, 0.6) is 0 Å². The fourth-order valence-electron chi connectivity index (χ4n) is 3.71. The topological polar surface area (TPSA) is 90.5 Å². The predicted octanol–water partition coefficient (Wildman–Crippen LogP) is 3.05. The fraction of sp³-hybridized carbons (Fsp3) is 0.259. The summed E-state index contributed by atoms with van der Waals surface area (Å²) in [7, 11) is 0. The first-order valence-corrected chi connectivity index (χ1v) is 12.1. The summed E-state index contributed by atoms with van der Waals surface area (Å²) in [4.78, 5) is 37.1. The zero-order valence-corrected chi connectivity index (χ0v) is 20.8. The van der Waals surface area contributed by atoms with Gasteiger partial charge in [-0.15, -0.1) is 0 Å². The van der Waals surface area contributed by atoms with Gasteiger partial charge in [0.15, 0.2) is 5.82 Å². The molecule has 0 unspecified atom stereocenters. The second-order valence-electron chi connectivity index (χ2n) is 8.25. The minimum atomic E-state index is -0.177. The number of aromatic nitrogens is 2. The molecule has 1 saturated heterocycles. The number of nitrogens with one attached hydrogen (secondary N) is 2. The number of anilines is 2. The summed E-state index contributed by atoms with van der Waals surface area (Å²) < 4.78 is 0. The van der Waals surface area contributed by atoms with Crippen molar-refractivity contribution in [2.24, 2.45) is 0 Å². The van der Waals surface area contributed by atoms with E-state index >= 15 is 0 Å². The lowest BCUT2D eigenvalue weighted by Crippen LogP contribution is -2.48. The second kappa shape index (κ2) is 12.0. The van der Waals surface area contributed by atoms with Gasteiger partial charge in [-0.2, -0.15) is 0 Å². The average Bonchev–Trinajstić information content (AvgIpc) is 2.90. The Labute approximate surface area is 215 Å². The molecule has 1 aliphatic heterocycles. The molecule has 2 aromatic carbocycles. The molecule has 1 fully saturated rings. The number of hydrogen-bond donors (Lipinski definition) is 2. The summed E-state index contributed by atoms with van der Waals surface area (Å²) in [5.74, 6) is 7.41. The summed E-state index contributed by atoms with van der Waals surface area (Å²) in [5.41, 5.74) is 1.66. The van der Waals surface area contributed by atoms with Crippen molar-refractivity contribution in [2.75, 3.05) is 49.5 Å². The van der Waals surface area contributed by atoms with E-state index in [0.29, 0.717) is 55.9 Å². The van der Waals surface area contributed by atoms with Crippen molar-refractivity contribution in [3.8, 4) is 23.2 Å². The standard InChI is InChI=1S/C27H27ClN6O2/c1-20(35)29-13-14-30-24-19-25(32-27(31-24)22-8-10-23(28)11-9-22)33-15-17-34(18-16-33)26(36)12-7-21-5-3-2-4-6-21/h2-6,8-11,19H,13-18H2,1H3,(H,29,35)(H,30,31,32). The molecule has 1 aliphatic rings. The molecule has 9 heteroatoms. The van der Waals surface area contributed by atoms with Crippen LogP contribution < -0.4 is 15.5 Å². The molecule has 0 atom stereocenters. The van der Waals surface area contributed by atoms with Crippen molar-refractivity contribution < 1.29 is 9.59 Å². The molecule has 2 heterocycles. The second-order valence-corrected chi connectivity index (χ2v) is 8.68. The van der Waals surface area contributed by atoms with E-state index in [9.17, 15) is 9.59 Å². The molecule has 2 amide bonds. The number of amides is 2. The molecule has 8 nitrogen and oxygen atoms in total. The van der Waals surface area contributed by atoms with Crippen LogP contribution in [0.3, 0.4) is 0 Å². The number of carbonyl (C=O) groups is 2. The number of carbonyl (C=O) groups excluding carboxylic acids is 2. The van der Waals surface area contributed by atoms with Crippen molar-refractivity contribution >= 4 is 35.1 Å². The smallest absolute Gasteiger partial charge is 0.298 e. The number of halogens is 1. The Bertz CT molecular complexity index is 1260.